The first-order chi connectivity index (χ1) is 7.78. The fraction of sp³-hybridized carbons (Fsp3) is 0.0909. The molecule has 0 saturated heterocycles. The second-order valence-electron chi connectivity index (χ2n) is 3.46. The van der Waals surface area contributed by atoms with Gasteiger partial charge in [0.2, 0.25) is 11.5 Å². The van der Waals surface area contributed by atoms with E-state index in [1.54, 1.807) is 7.11 Å². The highest BCUT2D eigenvalue weighted by atomic mass is 16.5. The van der Waals surface area contributed by atoms with Crippen LogP contribution in [-0.2, 0) is 0 Å². The highest BCUT2D eigenvalue weighted by Gasteiger charge is 2.08. The molecular formula is C11H9N3O2. The first-order valence-corrected chi connectivity index (χ1v) is 4.77. The molecule has 2 N–H and O–H groups in total. The van der Waals surface area contributed by atoms with E-state index in [2.05, 4.69) is 10.1 Å². The van der Waals surface area contributed by atoms with Crippen LogP contribution >= 0.6 is 0 Å². The van der Waals surface area contributed by atoms with Crippen LogP contribution in [0.4, 0.5) is 5.88 Å². The van der Waals surface area contributed by atoms with Gasteiger partial charge < -0.3 is 15.0 Å². The van der Waals surface area contributed by atoms with Crippen molar-refractivity contribution < 1.29 is 9.26 Å². The first kappa shape index (κ1) is 8.96. The minimum absolute atomic E-state index is 0.292. The van der Waals surface area contributed by atoms with Crippen molar-refractivity contribution in [1.82, 2.24) is 10.1 Å². The molecule has 5 nitrogen and oxygen atoms in total. The Balaban J connectivity index is 2.38. The summed E-state index contributed by atoms with van der Waals surface area (Å²) in [5, 5.41) is 5.48. The van der Waals surface area contributed by atoms with E-state index in [0.717, 1.165) is 22.0 Å². The van der Waals surface area contributed by atoms with Crippen molar-refractivity contribution in [3.63, 3.8) is 0 Å². The van der Waals surface area contributed by atoms with E-state index in [1.165, 1.54) is 0 Å². The standard InChI is InChI=1S/C11H9N3O2/c1-15-7-3-2-6-4-8-10(12)16-14-11(8)13-9(6)5-7/h2-5H,12H2,1H3. The predicted octanol–water partition coefficient (Wildman–Crippen LogP) is 1.97. The number of ether oxygens (including phenoxy) is 1. The van der Waals surface area contributed by atoms with Crippen LogP contribution in [0.25, 0.3) is 21.9 Å². The number of aromatic nitrogens is 2. The van der Waals surface area contributed by atoms with Crippen LogP contribution in [0, 0.1) is 0 Å². The van der Waals surface area contributed by atoms with Crippen molar-refractivity contribution in [2.45, 2.75) is 0 Å². The Morgan fingerprint density at radius 3 is 3.00 bits per heavy atom. The zero-order valence-corrected chi connectivity index (χ0v) is 8.60. The number of hydrogen-bond donors (Lipinski definition) is 1. The van der Waals surface area contributed by atoms with Crippen LogP contribution in [0.1, 0.15) is 0 Å². The highest BCUT2D eigenvalue weighted by Crippen LogP contribution is 2.25. The van der Waals surface area contributed by atoms with Crippen molar-refractivity contribution >= 4 is 27.8 Å². The normalized spacial score (nSPS) is 11.1. The van der Waals surface area contributed by atoms with Gasteiger partial charge >= 0.3 is 0 Å². The van der Waals surface area contributed by atoms with E-state index < -0.39 is 0 Å². The monoisotopic (exact) mass is 215 g/mol. The average molecular weight is 215 g/mol. The van der Waals surface area contributed by atoms with Gasteiger partial charge in [0, 0.05) is 11.5 Å². The number of nitrogen functional groups attached to an aromatic ring is 1. The fourth-order valence-electron chi connectivity index (χ4n) is 1.66. The molecule has 5 heteroatoms. The zero-order chi connectivity index (χ0) is 11.1. The maximum Gasteiger partial charge on any atom is 0.231 e. The van der Waals surface area contributed by atoms with Crippen LogP contribution in [-0.4, -0.2) is 17.3 Å². The molecule has 0 aliphatic heterocycles. The van der Waals surface area contributed by atoms with Crippen molar-refractivity contribution in [1.29, 1.82) is 0 Å². The lowest BCUT2D eigenvalue weighted by molar-refractivity contribution is 0.415. The summed E-state index contributed by atoms with van der Waals surface area (Å²) in [6.07, 6.45) is 0. The Bertz CT molecular complexity index is 675. The van der Waals surface area contributed by atoms with Crippen molar-refractivity contribution in [2.75, 3.05) is 12.8 Å². The van der Waals surface area contributed by atoms with Gasteiger partial charge in [0.15, 0.2) is 0 Å². The van der Waals surface area contributed by atoms with Gasteiger partial charge in [-0.05, 0) is 18.2 Å². The van der Waals surface area contributed by atoms with E-state index in [9.17, 15) is 0 Å². The molecule has 16 heavy (non-hydrogen) atoms. The lowest BCUT2D eigenvalue weighted by atomic mass is 10.2. The fourth-order valence-corrected chi connectivity index (χ4v) is 1.66. The van der Waals surface area contributed by atoms with Crippen LogP contribution in [0.2, 0.25) is 0 Å². The number of pyridine rings is 1. The quantitative estimate of drug-likeness (QED) is 0.671. The predicted molar refractivity (Wildman–Crippen MR) is 60.3 cm³/mol. The number of benzene rings is 1. The molecular weight excluding hydrogens is 206 g/mol. The van der Waals surface area contributed by atoms with Crippen molar-refractivity contribution in [2.24, 2.45) is 0 Å². The van der Waals surface area contributed by atoms with Gasteiger partial charge in [-0.2, -0.15) is 0 Å². The summed E-state index contributed by atoms with van der Waals surface area (Å²) >= 11 is 0. The molecule has 2 aromatic heterocycles. The molecule has 0 fully saturated rings. The van der Waals surface area contributed by atoms with Gasteiger partial charge in [0.05, 0.1) is 18.0 Å². The molecule has 0 saturated carbocycles. The van der Waals surface area contributed by atoms with E-state index in [-0.39, 0.29) is 0 Å². The highest BCUT2D eigenvalue weighted by molar-refractivity contribution is 5.95. The molecule has 0 atom stereocenters. The lowest BCUT2D eigenvalue weighted by Gasteiger charge is -2.01. The Morgan fingerprint density at radius 1 is 1.31 bits per heavy atom. The third-order valence-electron chi connectivity index (χ3n) is 2.50. The molecule has 0 aliphatic carbocycles. The Hall–Kier alpha value is -2.30. The summed E-state index contributed by atoms with van der Waals surface area (Å²) in [6.45, 7) is 0. The zero-order valence-electron chi connectivity index (χ0n) is 8.60. The van der Waals surface area contributed by atoms with Gasteiger partial charge in [-0.3, -0.25) is 0 Å². The number of anilines is 1. The Labute approximate surface area is 90.8 Å². The summed E-state index contributed by atoms with van der Waals surface area (Å²) < 4.78 is 10.0. The molecule has 3 aromatic rings. The molecule has 2 heterocycles. The van der Waals surface area contributed by atoms with Crippen LogP contribution in [0.5, 0.6) is 5.75 Å². The molecule has 0 amide bonds. The van der Waals surface area contributed by atoms with E-state index in [0.29, 0.717) is 11.5 Å². The molecule has 0 unspecified atom stereocenters. The third kappa shape index (κ3) is 1.18. The largest absolute Gasteiger partial charge is 0.497 e. The van der Waals surface area contributed by atoms with E-state index >= 15 is 0 Å². The summed E-state index contributed by atoms with van der Waals surface area (Å²) in [7, 11) is 1.62. The smallest absolute Gasteiger partial charge is 0.231 e. The van der Waals surface area contributed by atoms with Gasteiger partial charge in [0.25, 0.3) is 0 Å². The molecule has 3 rings (SSSR count). The van der Waals surface area contributed by atoms with Gasteiger partial charge in [-0.15, -0.1) is 0 Å². The molecule has 80 valence electrons. The average Bonchev–Trinajstić information content (AvgIpc) is 2.67. The molecule has 1 aromatic carbocycles. The number of nitrogens with two attached hydrogens (primary N) is 1. The summed E-state index contributed by atoms with van der Waals surface area (Å²) in [5.74, 6) is 1.05. The summed E-state index contributed by atoms with van der Waals surface area (Å²) in [6, 6.07) is 7.55. The topological polar surface area (TPSA) is 74.2 Å². The van der Waals surface area contributed by atoms with E-state index in [1.807, 2.05) is 24.3 Å². The van der Waals surface area contributed by atoms with Gasteiger partial charge in [0.1, 0.15) is 5.75 Å². The molecule has 0 radical (unpaired) electrons. The lowest BCUT2D eigenvalue weighted by Crippen LogP contribution is -1.86. The Kier molecular flexibility index (Phi) is 1.73. The van der Waals surface area contributed by atoms with Crippen molar-refractivity contribution in [3.8, 4) is 5.75 Å². The summed E-state index contributed by atoms with van der Waals surface area (Å²) in [5.41, 5.74) is 6.95. The second-order valence-corrected chi connectivity index (χ2v) is 3.46. The molecule has 0 aliphatic rings. The second kappa shape index (κ2) is 3.10. The number of nitrogens with zero attached hydrogens (tertiary/aromatic N) is 2. The molecule has 0 bridgehead atoms. The first-order valence-electron chi connectivity index (χ1n) is 4.77. The number of methoxy groups -OCH3 is 1. The van der Waals surface area contributed by atoms with E-state index in [4.69, 9.17) is 15.0 Å². The number of hydrogen-bond acceptors (Lipinski definition) is 5. The summed E-state index contributed by atoms with van der Waals surface area (Å²) in [4.78, 5) is 4.34. The maximum atomic E-state index is 5.63. The Morgan fingerprint density at radius 2 is 2.19 bits per heavy atom. The van der Waals surface area contributed by atoms with Crippen LogP contribution in [0.15, 0.2) is 28.8 Å². The minimum Gasteiger partial charge on any atom is -0.497 e. The maximum absolute atomic E-state index is 5.63. The van der Waals surface area contributed by atoms with Gasteiger partial charge in [-0.25, -0.2) is 4.98 Å². The third-order valence-corrected chi connectivity index (χ3v) is 2.50. The molecule has 0 spiro atoms. The van der Waals surface area contributed by atoms with Crippen LogP contribution < -0.4 is 10.5 Å². The number of fused-ring (bicyclic) bond motifs is 2. The minimum atomic E-state index is 0.292. The van der Waals surface area contributed by atoms with Crippen LogP contribution in [0.3, 0.4) is 0 Å². The van der Waals surface area contributed by atoms with Gasteiger partial charge in [-0.1, -0.05) is 5.16 Å². The SMILES string of the molecule is COc1ccc2cc3c(N)onc3nc2c1. The number of rotatable bonds is 1. The van der Waals surface area contributed by atoms with Crippen molar-refractivity contribution in [3.05, 3.63) is 24.3 Å².